The Labute approximate surface area is 95.2 Å². The number of aromatic nitrogens is 3. The molecule has 0 unspecified atom stereocenters. The molecule has 0 aliphatic heterocycles. The third-order valence-electron chi connectivity index (χ3n) is 1.57. The van der Waals surface area contributed by atoms with E-state index in [1.807, 2.05) is 13.0 Å². The molecular weight excluding hydrogens is 228 g/mol. The first-order valence-electron chi connectivity index (χ1n) is 4.12. The minimum atomic E-state index is 0.563. The summed E-state index contributed by atoms with van der Waals surface area (Å²) in [5.41, 5.74) is 0.563. The van der Waals surface area contributed by atoms with Gasteiger partial charge in [-0.05, 0) is 42.4 Å². The van der Waals surface area contributed by atoms with Crippen molar-refractivity contribution in [2.75, 3.05) is 0 Å². The molecule has 0 fully saturated rings. The van der Waals surface area contributed by atoms with Gasteiger partial charge in [0.2, 0.25) is 0 Å². The predicted octanol–water partition coefficient (Wildman–Crippen LogP) is 2.26. The highest BCUT2D eigenvalue weighted by molar-refractivity contribution is 8.00. The van der Waals surface area contributed by atoms with E-state index in [0.29, 0.717) is 5.56 Å². The summed E-state index contributed by atoms with van der Waals surface area (Å²) < 4.78 is 4.94. The Hall–Kier alpha value is -1.45. The maximum absolute atomic E-state index is 8.60. The largest absolute Gasteiger partial charge is 0.248 e. The Morgan fingerprint density at radius 1 is 1.47 bits per heavy atom. The van der Waals surface area contributed by atoms with Crippen molar-refractivity contribution < 1.29 is 0 Å². The quantitative estimate of drug-likeness (QED) is 0.797. The Kier molecular flexibility index (Phi) is 2.94. The molecule has 2 aromatic rings. The number of nitrogens with zero attached hydrogens (tertiary/aromatic N) is 4. The zero-order chi connectivity index (χ0) is 10.7. The molecule has 2 rings (SSSR count). The molecule has 0 radical (unpaired) electrons. The summed E-state index contributed by atoms with van der Waals surface area (Å²) in [5.74, 6) is 0.774. The number of rotatable bonds is 2. The molecule has 0 spiro atoms. The van der Waals surface area contributed by atoms with Gasteiger partial charge in [0.25, 0.3) is 0 Å². The molecule has 15 heavy (non-hydrogen) atoms. The van der Waals surface area contributed by atoms with Crippen LogP contribution in [0.15, 0.2) is 27.7 Å². The van der Waals surface area contributed by atoms with E-state index in [2.05, 4.69) is 14.3 Å². The molecule has 2 heterocycles. The maximum Gasteiger partial charge on any atom is 0.176 e. The van der Waals surface area contributed by atoms with Crippen molar-refractivity contribution in [1.29, 1.82) is 5.26 Å². The van der Waals surface area contributed by atoms with Crippen LogP contribution in [-0.4, -0.2) is 14.3 Å². The molecule has 74 valence electrons. The fraction of sp³-hybridized carbons (Fsp3) is 0.111. The fourth-order valence-electron chi connectivity index (χ4n) is 0.916. The Bertz CT molecular complexity index is 498. The van der Waals surface area contributed by atoms with Crippen LogP contribution in [0.2, 0.25) is 0 Å². The summed E-state index contributed by atoms with van der Waals surface area (Å²) in [6.45, 7) is 1.85. The number of pyridine rings is 1. The predicted molar refractivity (Wildman–Crippen MR) is 57.7 cm³/mol. The number of hydrogen-bond donors (Lipinski definition) is 0. The molecule has 0 bridgehead atoms. The van der Waals surface area contributed by atoms with Gasteiger partial charge in [-0.25, -0.2) is 9.97 Å². The van der Waals surface area contributed by atoms with Gasteiger partial charge in [-0.2, -0.15) is 9.64 Å². The van der Waals surface area contributed by atoms with Gasteiger partial charge in [0.1, 0.15) is 16.9 Å². The van der Waals surface area contributed by atoms with Crippen molar-refractivity contribution >= 4 is 23.3 Å². The van der Waals surface area contributed by atoms with E-state index >= 15 is 0 Å². The summed E-state index contributed by atoms with van der Waals surface area (Å²) >= 11 is 2.80. The van der Waals surface area contributed by atoms with E-state index in [1.165, 1.54) is 23.3 Å². The van der Waals surface area contributed by atoms with Crippen molar-refractivity contribution in [1.82, 2.24) is 14.3 Å². The van der Waals surface area contributed by atoms with E-state index in [0.717, 1.165) is 15.2 Å². The van der Waals surface area contributed by atoms with Crippen molar-refractivity contribution in [3.63, 3.8) is 0 Å². The molecule has 0 aromatic carbocycles. The van der Waals surface area contributed by atoms with Crippen LogP contribution in [0.4, 0.5) is 0 Å². The summed E-state index contributed by atoms with van der Waals surface area (Å²) in [6, 6.07) is 5.57. The highest BCUT2D eigenvalue weighted by Gasteiger charge is 2.03. The van der Waals surface area contributed by atoms with Crippen LogP contribution in [0.1, 0.15) is 11.4 Å². The maximum atomic E-state index is 8.60. The second-order valence-electron chi connectivity index (χ2n) is 2.71. The smallest absolute Gasteiger partial charge is 0.176 e. The summed E-state index contributed by atoms with van der Waals surface area (Å²) in [7, 11) is 0. The van der Waals surface area contributed by atoms with Crippen LogP contribution < -0.4 is 0 Å². The molecule has 0 aliphatic rings. The zero-order valence-electron chi connectivity index (χ0n) is 7.84. The molecule has 0 amide bonds. The molecule has 2 aromatic heterocycles. The SMILES string of the molecule is Cc1nsc(Sc2ccc(C#N)cn2)n1. The third kappa shape index (κ3) is 2.52. The van der Waals surface area contributed by atoms with Crippen LogP contribution >= 0.6 is 23.3 Å². The van der Waals surface area contributed by atoms with E-state index < -0.39 is 0 Å². The monoisotopic (exact) mass is 234 g/mol. The Morgan fingerprint density at radius 2 is 2.33 bits per heavy atom. The summed E-state index contributed by atoms with van der Waals surface area (Å²) in [4.78, 5) is 8.35. The molecule has 6 heteroatoms. The lowest BCUT2D eigenvalue weighted by Crippen LogP contribution is -1.81. The van der Waals surface area contributed by atoms with Crippen molar-refractivity contribution in [2.45, 2.75) is 16.3 Å². The van der Waals surface area contributed by atoms with Gasteiger partial charge >= 0.3 is 0 Å². The molecule has 0 saturated heterocycles. The van der Waals surface area contributed by atoms with Gasteiger partial charge in [-0.15, -0.1) is 0 Å². The van der Waals surface area contributed by atoms with Gasteiger partial charge in [0, 0.05) is 6.20 Å². The molecule has 0 saturated carbocycles. The highest BCUT2D eigenvalue weighted by Crippen LogP contribution is 2.26. The second-order valence-corrected chi connectivity index (χ2v) is 4.73. The minimum absolute atomic E-state index is 0.563. The van der Waals surface area contributed by atoms with E-state index in [1.54, 1.807) is 18.3 Å². The fourth-order valence-corrected chi connectivity index (χ4v) is 2.45. The van der Waals surface area contributed by atoms with Crippen LogP contribution in [0.3, 0.4) is 0 Å². The lowest BCUT2D eigenvalue weighted by atomic mass is 10.3. The van der Waals surface area contributed by atoms with Gasteiger partial charge in [-0.3, -0.25) is 0 Å². The minimum Gasteiger partial charge on any atom is -0.248 e. The van der Waals surface area contributed by atoms with Crippen molar-refractivity contribution in [2.24, 2.45) is 0 Å². The average Bonchev–Trinajstić information content (AvgIpc) is 2.65. The molecule has 4 nitrogen and oxygen atoms in total. The lowest BCUT2D eigenvalue weighted by molar-refractivity contribution is 1.08. The Balaban J connectivity index is 2.15. The van der Waals surface area contributed by atoms with E-state index in [9.17, 15) is 0 Å². The first-order valence-corrected chi connectivity index (χ1v) is 5.71. The lowest BCUT2D eigenvalue weighted by Gasteiger charge is -1.94. The summed E-state index contributed by atoms with van der Waals surface area (Å²) in [5, 5.41) is 9.43. The van der Waals surface area contributed by atoms with E-state index in [4.69, 9.17) is 5.26 Å². The molecule has 0 atom stereocenters. The molecule has 0 N–H and O–H groups in total. The second kappa shape index (κ2) is 4.38. The van der Waals surface area contributed by atoms with Crippen LogP contribution in [0, 0.1) is 18.3 Å². The van der Waals surface area contributed by atoms with Crippen molar-refractivity contribution in [3.8, 4) is 6.07 Å². The highest BCUT2D eigenvalue weighted by atomic mass is 32.2. The van der Waals surface area contributed by atoms with Crippen LogP contribution in [-0.2, 0) is 0 Å². The Morgan fingerprint density at radius 3 is 2.87 bits per heavy atom. The van der Waals surface area contributed by atoms with Crippen LogP contribution in [0.25, 0.3) is 0 Å². The zero-order valence-corrected chi connectivity index (χ0v) is 9.47. The number of nitriles is 1. The van der Waals surface area contributed by atoms with Gasteiger partial charge in [-0.1, -0.05) is 0 Å². The van der Waals surface area contributed by atoms with Gasteiger partial charge in [0.15, 0.2) is 4.34 Å². The van der Waals surface area contributed by atoms with Crippen LogP contribution in [0.5, 0.6) is 0 Å². The van der Waals surface area contributed by atoms with Gasteiger partial charge in [0.05, 0.1) is 5.56 Å². The number of hydrogen-bond acceptors (Lipinski definition) is 6. The normalized spacial score (nSPS) is 9.87. The van der Waals surface area contributed by atoms with Gasteiger partial charge < -0.3 is 0 Å². The standard InChI is InChI=1S/C9H6N4S2/c1-6-12-9(15-13-6)14-8-3-2-7(4-10)5-11-8/h2-3,5H,1H3. The summed E-state index contributed by atoms with van der Waals surface area (Å²) in [6.07, 6.45) is 1.55. The average molecular weight is 234 g/mol. The molecular formula is C9H6N4S2. The number of aryl methyl sites for hydroxylation is 1. The first kappa shape index (κ1) is 10.1. The first-order chi connectivity index (χ1) is 7.28. The van der Waals surface area contributed by atoms with E-state index in [-0.39, 0.29) is 0 Å². The molecule has 0 aliphatic carbocycles. The van der Waals surface area contributed by atoms with Crippen molar-refractivity contribution in [3.05, 3.63) is 29.7 Å². The third-order valence-corrected chi connectivity index (χ3v) is 3.36. The topological polar surface area (TPSA) is 62.5 Å².